The Kier molecular flexibility index (Phi) is 6.67. The molecule has 3 aromatic rings. The van der Waals surface area contributed by atoms with E-state index in [1.165, 1.54) is 0 Å². The van der Waals surface area contributed by atoms with Crippen molar-refractivity contribution in [3.8, 4) is 0 Å². The van der Waals surface area contributed by atoms with Gasteiger partial charge in [-0.25, -0.2) is 0 Å². The number of fused-ring (bicyclic) bond motifs is 1. The van der Waals surface area contributed by atoms with Crippen LogP contribution in [0.4, 0.5) is 17.6 Å². The first kappa shape index (κ1) is 23.0. The van der Waals surface area contributed by atoms with Gasteiger partial charge >= 0.3 is 0 Å². The largest absolute Gasteiger partial charge is 0.627 e. The number of aromatic nitrogens is 4. The van der Waals surface area contributed by atoms with Crippen LogP contribution in [0.5, 0.6) is 0 Å². The summed E-state index contributed by atoms with van der Waals surface area (Å²) in [4.78, 5) is 9.60. The molecular weight excluding hydrogens is 430 g/mol. The van der Waals surface area contributed by atoms with Crippen LogP contribution in [0.25, 0.3) is 5.65 Å². The Morgan fingerprint density at radius 3 is 2.65 bits per heavy atom. The number of piperidine rings is 1. The molecule has 182 valence electrons. The van der Waals surface area contributed by atoms with Crippen molar-refractivity contribution >= 4 is 23.2 Å². The van der Waals surface area contributed by atoms with Gasteiger partial charge in [0.05, 0.1) is 19.3 Å². The van der Waals surface area contributed by atoms with E-state index in [1.807, 2.05) is 30.5 Å². The maximum Gasteiger partial charge on any atom is 0.229 e. The normalized spacial score (nSPS) is 18.9. The molecule has 0 saturated carbocycles. The smallest absolute Gasteiger partial charge is 0.229 e. The minimum atomic E-state index is -0.243. The molecule has 0 atom stereocenters. The molecule has 0 unspecified atom stereocenters. The average Bonchev–Trinajstić information content (AvgIpc) is 3.28. The van der Waals surface area contributed by atoms with Gasteiger partial charge in [0.25, 0.3) is 0 Å². The highest BCUT2D eigenvalue weighted by atomic mass is 16.5. The second-order valence-electron chi connectivity index (χ2n) is 9.77. The van der Waals surface area contributed by atoms with E-state index in [-0.39, 0.29) is 4.65 Å². The first-order chi connectivity index (χ1) is 16.5. The van der Waals surface area contributed by atoms with Crippen LogP contribution in [0, 0.1) is 5.21 Å². The zero-order valence-corrected chi connectivity index (χ0v) is 20.2. The summed E-state index contributed by atoms with van der Waals surface area (Å²) in [5, 5.41) is 25.1. The molecule has 1 aromatic carbocycles. The van der Waals surface area contributed by atoms with E-state index in [0.717, 1.165) is 67.8 Å². The van der Waals surface area contributed by atoms with Crippen LogP contribution < -0.4 is 15.3 Å². The molecular formula is C25H35N7O2. The Morgan fingerprint density at radius 2 is 1.88 bits per heavy atom. The molecule has 2 N–H and O–H groups in total. The van der Waals surface area contributed by atoms with Gasteiger partial charge in [-0.05, 0) is 44.1 Å². The molecule has 2 aromatic heterocycles. The molecule has 0 spiro atoms. The summed E-state index contributed by atoms with van der Waals surface area (Å²) in [5.41, 5.74) is 3.74. The van der Waals surface area contributed by atoms with Gasteiger partial charge in [0, 0.05) is 36.9 Å². The van der Waals surface area contributed by atoms with Crippen molar-refractivity contribution < 1.29 is 4.74 Å². The van der Waals surface area contributed by atoms with Gasteiger partial charge in [-0.2, -0.15) is 19.6 Å². The number of anilines is 2. The highest BCUT2D eigenvalue weighted by molar-refractivity contribution is 5.57. The van der Waals surface area contributed by atoms with E-state index in [4.69, 9.17) is 14.7 Å². The lowest BCUT2D eigenvalue weighted by Crippen LogP contribution is -2.47. The summed E-state index contributed by atoms with van der Waals surface area (Å²) in [7, 11) is 0. The first-order valence-corrected chi connectivity index (χ1v) is 12.5. The Bertz CT molecular complexity index is 1120. The standard InChI is InChI=1S/C25H35N7O2/c1-18(2)21-17-27-31-23(21)29-24(28-20-10-14-34-15-11-20)30-25(31)26-16-19-8-4-5-9-22(19)32(33)12-6-3-7-13-32/h4-5,8-9,17-18,20H,3,6-7,10-16H2,1-2H3,(H2,26,28,29,30). The average molecular weight is 466 g/mol. The molecule has 5 rings (SSSR count). The number of hydrogen-bond donors (Lipinski definition) is 2. The predicted octanol–water partition coefficient (Wildman–Crippen LogP) is 4.44. The van der Waals surface area contributed by atoms with E-state index >= 15 is 0 Å². The summed E-state index contributed by atoms with van der Waals surface area (Å²) in [6, 6.07) is 8.27. The van der Waals surface area contributed by atoms with Crippen molar-refractivity contribution in [2.45, 2.75) is 64.5 Å². The van der Waals surface area contributed by atoms with Gasteiger partial charge in [0.1, 0.15) is 5.69 Å². The third-order valence-electron chi connectivity index (χ3n) is 6.98. The molecule has 2 aliphatic heterocycles. The topological polar surface area (TPSA) is 99.4 Å². The number of rotatable bonds is 7. The van der Waals surface area contributed by atoms with Crippen molar-refractivity contribution in [1.29, 1.82) is 0 Å². The minimum absolute atomic E-state index is 0.243. The summed E-state index contributed by atoms with van der Waals surface area (Å²) < 4.78 is 7.02. The third kappa shape index (κ3) is 4.73. The molecule has 2 aliphatic rings. The van der Waals surface area contributed by atoms with Gasteiger partial charge in [0.2, 0.25) is 11.9 Å². The van der Waals surface area contributed by atoms with Crippen LogP contribution in [0.1, 0.15) is 63.0 Å². The van der Waals surface area contributed by atoms with Crippen LogP contribution in [0.3, 0.4) is 0 Å². The highest BCUT2D eigenvalue weighted by Gasteiger charge is 2.26. The minimum Gasteiger partial charge on any atom is -0.627 e. The van der Waals surface area contributed by atoms with Crippen molar-refractivity contribution in [1.82, 2.24) is 24.2 Å². The molecule has 2 fully saturated rings. The predicted molar refractivity (Wildman–Crippen MR) is 135 cm³/mol. The fraction of sp³-hybridized carbons (Fsp3) is 0.560. The quantitative estimate of drug-likeness (QED) is 0.393. The number of nitrogens with one attached hydrogen (secondary N) is 2. The van der Waals surface area contributed by atoms with Gasteiger partial charge in [-0.3, -0.25) is 0 Å². The molecule has 9 nitrogen and oxygen atoms in total. The zero-order valence-electron chi connectivity index (χ0n) is 20.2. The molecule has 4 heterocycles. The van der Waals surface area contributed by atoms with Gasteiger partial charge < -0.3 is 25.2 Å². The van der Waals surface area contributed by atoms with Crippen molar-refractivity contribution in [2.75, 3.05) is 36.9 Å². The van der Waals surface area contributed by atoms with Crippen LogP contribution >= 0.6 is 0 Å². The lowest BCUT2D eigenvalue weighted by atomic mass is 10.1. The fourth-order valence-corrected chi connectivity index (χ4v) is 5.00. The van der Waals surface area contributed by atoms with Crippen molar-refractivity contribution in [3.05, 3.63) is 46.8 Å². The number of ether oxygens (including phenoxy) is 1. The molecule has 34 heavy (non-hydrogen) atoms. The number of quaternary nitrogens is 1. The number of nitrogens with zero attached hydrogens (tertiary/aromatic N) is 5. The van der Waals surface area contributed by atoms with E-state index in [1.54, 1.807) is 4.52 Å². The van der Waals surface area contributed by atoms with Crippen LogP contribution in [-0.2, 0) is 11.3 Å². The van der Waals surface area contributed by atoms with Gasteiger partial charge in [0.15, 0.2) is 5.65 Å². The number of hydrogen-bond acceptors (Lipinski definition) is 7. The maximum atomic E-state index is 13.6. The fourth-order valence-electron chi connectivity index (χ4n) is 5.00. The van der Waals surface area contributed by atoms with Gasteiger partial charge in [-0.15, -0.1) is 0 Å². The van der Waals surface area contributed by atoms with Crippen LogP contribution in [0.2, 0.25) is 0 Å². The Labute approximate surface area is 200 Å². The summed E-state index contributed by atoms with van der Waals surface area (Å²) in [6.45, 7) is 7.57. The molecule has 0 aliphatic carbocycles. The Hall–Kier alpha value is -2.75. The lowest BCUT2D eigenvalue weighted by Gasteiger charge is -2.45. The number of benzene rings is 1. The summed E-state index contributed by atoms with van der Waals surface area (Å²) in [5.74, 6) is 1.51. The van der Waals surface area contributed by atoms with E-state index in [9.17, 15) is 5.21 Å². The summed E-state index contributed by atoms with van der Waals surface area (Å²) >= 11 is 0. The molecule has 2 saturated heterocycles. The molecule has 0 radical (unpaired) electrons. The second-order valence-corrected chi connectivity index (χ2v) is 9.77. The molecule has 0 bridgehead atoms. The highest BCUT2D eigenvalue weighted by Crippen LogP contribution is 2.31. The molecule has 9 heteroatoms. The van der Waals surface area contributed by atoms with Crippen molar-refractivity contribution in [2.24, 2.45) is 0 Å². The van der Waals surface area contributed by atoms with Crippen molar-refractivity contribution in [3.63, 3.8) is 0 Å². The molecule has 0 amide bonds. The van der Waals surface area contributed by atoms with E-state index in [0.29, 0.717) is 43.5 Å². The van der Waals surface area contributed by atoms with E-state index in [2.05, 4.69) is 29.6 Å². The SMILES string of the molecule is CC(C)c1cnn2c(NCc3ccccc3[N+]3([O-])CCCCC3)nc(NC3CCOCC3)nc12. The lowest BCUT2D eigenvalue weighted by molar-refractivity contribution is 0.0903. The van der Waals surface area contributed by atoms with E-state index < -0.39 is 0 Å². The maximum absolute atomic E-state index is 13.6. The van der Waals surface area contributed by atoms with Crippen LogP contribution in [0.15, 0.2) is 30.5 Å². The third-order valence-corrected chi connectivity index (χ3v) is 6.98. The zero-order chi connectivity index (χ0) is 23.5. The number of para-hydroxylation sites is 1. The Morgan fingerprint density at radius 1 is 1.12 bits per heavy atom. The monoisotopic (exact) mass is 465 g/mol. The first-order valence-electron chi connectivity index (χ1n) is 12.5. The van der Waals surface area contributed by atoms with Gasteiger partial charge in [-0.1, -0.05) is 32.0 Å². The summed E-state index contributed by atoms with van der Waals surface area (Å²) in [6.07, 6.45) is 6.84. The van der Waals surface area contributed by atoms with Crippen LogP contribution in [-0.4, -0.2) is 51.9 Å². The number of hydroxylamine groups is 2. The Balaban J connectivity index is 1.44. The second kappa shape index (κ2) is 9.85.